The van der Waals surface area contributed by atoms with Crippen LogP contribution in [-0.4, -0.2) is 16.6 Å². The van der Waals surface area contributed by atoms with Crippen molar-refractivity contribution in [3.63, 3.8) is 0 Å². The Balaban J connectivity index is 1.89. The van der Waals surface area contributed by atoms with Crippen LogP contribution in [0.4, 0.5) is 10.3 Å². The minimum atomic E-state index is -0.264. The average molecular weight is 245 g/mol. The van der Waals surface area contributed by atoms with Gasteiger partial charge in [-0.05, 0) is 24.3 Å². The summed E-state index contributed by atoms with van der Waals surface area (Å²) in [7, 11) is 0. The molecule has 1 unspecified atom stereocenters. The smallest absolute Gasteiger partial charge is 0.223 e. The van der Waals surface area contributed by atoms with Gasteiger partial charge in [0.15, 0.2) is 0 Å². The van der Waals surface area contributed by atoms with Gasteiger partial charge < -0.3 is 10.1 Å². The summed E-state index contributed by atoms with van der Waals surface area (Å²) in [6.45, 7) is 0.600. The summed E-state index contributed by atoms with van der Waals surface area (Å²) in [5.74, 6) is 0.996. The number of nitrogens with zero attached hydrogens (tertiary/aromatic N) is 2. The van der Waals surface area contributed by atoms with Crippen LogP contribution >= 0.6 is 0 Å². The molecule has 1 aliphatic rings. The van der Waals surface area contributed by atoms with Crippen molar-refractivity contribution in [2.75, 3.05) is 11.9 Å². The van der Waals surface area contributed by atoms with E-state index in [9.17, 15) is 4.39 Å². The summed E-state index contributed by atoms with van der Waals surface area (Å²) in [5.41, 5.74) is 0.814. The first-order valence-corrected chi connectivity index (χ1v) is 5.79. The largest absolute Gasteiger partial charge is 0.493 e. The molecule has 1 aliphatic heterocycles. The highest BCUT2D eigenvalue weighted by atomic mass is 19.1. The molecular weight excluding hydrogens is 233 g/mol. The second kappa shape index (κ2) is 4.60. The van der Waals surface area contributed by atoms with Gasteiger partial charge in [-0.2, -0.15) is 0 Å². The molecule has 1 aromatic carbocycles. The minimum Gasteiger partial charge on any atom is -0.493 e. The zero-order valence-electron chi connectivity index (χ0n) is 9.64. The molecule has 4 nitrogen and oxygen atoms in total. The lowest BCUT2D eigenvalue weighted by atomic mass is 10.0. The first-order chi connectivity index (χ1) is 8.83. The summed E-state index contributed by atoms with van der Waals surface area (Å²) >= 11 is 0. The van der Waals surface area contributed by atoms with Crippen LogP contribution in [0.3, 0.4) is 0 Å². The number of fused-ring (bicyclic) bond motifs is 1. The molecule has 0 spiro atoms. The zero-order valence-corrected chi connectivity index (χ0v) is 9.64. The van der Waals surface area contributed by atoms with E-state index in [2.05, 4.69) is 15.3 Å². The number of rotatable bonds is 2. The maximum absolute atomic E-state index is 13.3. The molecule has 0 bridgehead atoms. The van der Waals surface area contributed by atoms with Gasteiger partial charge in [0.1, 0.15) is 11.6 Å². The Morgan fingerprint density at radius 1 is 1.28 bits per heavy atom. The second-order valence-electron chi connectivity index (χ2n) is 4.09. The molecular formula is C13H12FN3O. The maximum Gasteiger partial charge on any atom is 0.223 e. The Labute approximate surface area is 104 Å². The number of anilines is 1. The van der Waals surface area contributed by atoms with Gasteiger partial charge in [0, 0.05) is 24.4 Å². The SMILES string of the molecule is Fc1ccc2c(c1)C(Nc1ncccn1)CCO2. The lowest BCUT2D eigenvalue weighted by molar-refractivity contribution is 0.273. The highest BCUT2D eigenvalue weighted by Gasteiger charge is 2.22. The third kappa shape index (κ3) is 2.11. The van der Waals surface area contributed by atoms with Gasteiger partial charge in [-0.3, -0.25) is 0 Å². The lowest BCUT2D eigenvalue weighted by Crippen LogP contribution is -2.21. The fourth-order valence-corrected chi connectivity index (χ4v) is 2.04. The number of hydrogen-bond donors (Lipinski definition) is 1. The van der Waals surface area contributed by atoms with Gasteiger partial charge in [0.2, 0.25) is 5.95 Å². The highest BCUT2D eigenvalue weighted by molar-refractivity contribution is 5.42. The predicted molar refractivity (Wildman–Crippen MR) is 64.9 cm³/mol. The Bertz CT molecular complexity index is 547. The summed E-state index contributed by atoms with van der Waals surface area (Å²) < 4.78 is 18.8. The molecule has 0 amide bonds. The van der Waals surface area contributed by atoms with Gasteiger partial charge in [0.05, 0.1) is 12.6 Å². The average Bonchev–Trinajstić information content (AvgIpc) is 2.41. The van der Waals surface area contributed by atoms with Gasteiger partial charge in [-0.15, -0.1) is 0 Å². The van der Waals surface area contributed by atoms with Crippen LogP contribution in [0.25, 0.3) is 0 Å². The highest BCUT2D eigenvalue weighted by Crippen LogP contribution is 2.33. The van der Waals surface area contributed by atoms with E-state index < -0.39 is 0 Å². The molecule has 1 N–H and O–H groups in total. The number of aromatic nitrogens is 2. The van der Waals surface area contributed by atoms with Crippen LogP contribution in [0.2, 0.25) is 0 Å². The molecule has 18 heavy (non-hydrogen) atoms. The minimum absolute atomic E-state index is 0.0214. The number of halogens is 1. The van der Waals surface area contributed by atoms with Crippen molar-refractivity contribution in [3.05, 3.63) is 48.0 Å². The van der Waals surface area contributed by atoms with Gasteiger partial charge >= 0.3 is 0 Å². The van der Waals surface area contributed by atoms with E-state index in [0.717, 1.165) is 17.7 Å². The molecule has 0 radical (unpaired) electrons. The van der Waals surface area contributed by atoms with E-state index in [1.807, 2.05) is 0 Å². The molecule has 1 aromatic heterocycles. The van der Waals surface area contributed by atoms with Crippen LogP contribution in [0.15, 0.2) is 36.7 Å². The third-order valence-corrected chi connectivity index (χ3v) is 2.88. The van der Waals surface area contributed by atoms with E-state index in [-0.39, 0.29) is 11.9 Å². The van der Waals surface area contributed by atoms with Crippen LogP contribution < -0.4 is 10.1 Å². The number of ether oxygens (including phenoxy) is 1. The molecule has 2 aromatic rings. The van der Waals surface area contributed by atoms with Gasteiger partial charge in [-0.1, -0.05) is 0 Å². The fourth-order valence-electron chi connectivity index (χ4n) is 2.04. The summed E-state index contributed by atoms with van der Waals surface area (Å²) in [4.78, 5) is 8.22. The van der Waals surface area contributed by atoms with E-state index in [0.29, 0.717) is 12.6 Å². The van der Waals surface area contributed by atoms with Crippen molar-refractivity contribution in [1.29, 1.82) is 0 Å². The third-order valence-electron chi connectivity index (χ3n) is 2.88. The van der Waals surface area contributed by atoms with E-state index in [1.165, 1.54) is 12.1 Å². The zero-order chi connectivity index (χ0) is 12.4. The van der Waals surface area contributed by atoms with Crippen LogP contribution in [0, 0.1) is 5.82 Å². The Kier molecular flexibility index (Phi) is 2.80. The molecule has 92 valence electrons. The number of benzene rings is 1. The predicted octanol–water partition coefficient (Wildman–Crippen LogP) is 2.55. The molecule has 3 rings (SSSR count). The van der Waals surface area contributed by atoms with Gasteiger partial charge in [-0.25, -0.2) is 14.4 Å². The Morgan fingerprint density at radius 3 is 2.94 bits per heavy atom. The topological polar surface area (TPSA) is 47.0 Å². The maximum atomic E-state index is 13.3. The number of hydrogen-bond acceptors (Lipinski definition) is 4. The van der Waals surface area contributed by atoms with E-state index in [4.69, 9.17) is 4.74 Å². The summed E-state index contributed by atoms with van der Waals surface area (Å²) in [6, 6.07) is 6.29. The van der Waals surface area contributed by atoms with E-state index in [1.54, 1.807) is 24.5 Å². The normalized spacial score (nSPS) is 17.7. The quantitative estimate of drug-likeness (QED) is 0.883. The first kappa shape index (κ1) is 11.0. The van der Waals surface area contributed by atoms with Crippen LogP contribution in [-0.2, 0) is 0 Å². The molecule has 0 aliphatic carbocycles. The summed E-state index contributed by atoms with van der Waals surface area (Å²) in [5, 5.41) is 3.20. The van der Waals surface area contributed by atoms with Crippen LogP contribution in [0.5, 0.6) is 5.75 Å². The summed E-state index contributed by atoms with van der Waals surface area (Å²) in [6.07, 6.45) is 4.09. The second-order valence-corrected chi connectivity index (χ2v) is 4.09. The van der Waals surface area contributed by atoms with Crippen molar-refractivity contribution in [2.45, 2.75) is 12.5 Å². The monoisotopic (exact) mass is 245 g/mol. The molecule has 5 heteroatoms. The molecule has 0 fully saturated rings. The fraction of sp³-hybridized carbons (Fsp3) is 0.231. The van der Waals surface area contributed by atoms with Crippen molar-refractivity contribution in [1.82, 2.24) is 9.97 Å². The Morgan fingerprint density at radius 2 is 2.11 bits per heavy atom. The van der Waals surface area contributed by atoms with Crippen molar-refractivity contribution >= 4 is 5.95 Å². The van der Waals surface area contributed by atoms with Gasteiger partial charge in [0.25, 0.3) is 0 Å². The standard InChI is InChI=1S/C13H12FN3O/c14-9-2-3-12-10(8-9)11(4-7-18-12)17-13-15-5-1-6-16-13/h1-3,5-6,8,11H,4,7H2,(H,15,16,17). The molecule has 0 saturated heterocycles. The van der Waals surface area contributed by atoms with Crippen molar-refractivity contribution in [3.8, 4) is 5.75 Å². The van der Waals surface area contributed by atoms with Crippen molar-refractivity contribution in [2.24, 2.45) is 0 Å². The Hall–Kier alpha value is -2.17. The number of nitrogens with one attached hydrogen (secondary N) is 1. The first-order valence-electron chi connectivity index (χ1n) is 5.79. The van der Waals surface area contributed by atoms with E-state index >= 15 is 0 Å². The van der Waals surface area contributed by atoms with Crippen molar-refractivity contribution < 1.29 is 9.13 Å². The molecule has 2 heterocycles. The lowest BCUT2D eigenvalue weighted by Gasteiger charge is -2.26. The van der Waals surface area contributed by atoms with Crippen LogP contribution in [0.1, 0.15) is 18.0 Å². The molecule has 1 atom stereocenters. The molecule has 0 saturated carbocycles.